The molecule has 4 rings (SSSR count). The van der Waals surface area contributed by atoms with E-state index in [-0.39, 0.29) is 19.2 Å². The van der Waals surface area contributed by atoms with Crippen LogP contribution in [0.1, 0.15) is 69.5 Å². The Bertz CT molecular complexity index is 1820. The highest BCUT2D eigenvalue weighted by molar-refractivity contribution is 5.94. The summed E-state index contributed by atoms with van der Waals surface area (Å²) in [4.78, 5) is 52.1. The lowest BCUT2D eigenvalue weighted by molar-refractivity contribution is -0.191. The van der Waals surface area contributed by atoms with Gasteiger partial charge >= 0.3 is 18.3 Å². The van der Waals surface area contributed by atoms with Crippen LogP contribution in [0.2, 0.25) is 0 Å². The summed E-state index contributed by atoms with van der Waals surface area (Å²) < 4.78 is 17.5. The number of amides is 2. The van der Waals surface area contributed by atoms with Gasteiger partial charge in [0.1, 0.15) is 17.0 Å². The highest BCUT2D eigenvalue weighted by Crippen LogP contribution is 2.36. The van der Waals surface area contributed by atoms with Crippen molar-refractivity contribution in [2.24, 2.45) is 0 Å². The highest BCUT2D eigenvalue weighted by Gasteiger charge is 2.29. The molecule has 0 saturated carbocycles. The van der Waals surface area contributed by atoms with E-state index in [2.05, 4.69) is 0 Å². The first-order chi connectivity index (χ1) is 23.5. The van der Waals surface area contributed by atoms with Crippen LogP contribution < -0.4 is 14.5 Å². The molecule has 0 aliphatic rings. The van der Waals surface area contributed by atoms with Crippen LogP contribution in [0, 0.1) is 20.8 Å². The number of carbonyl (C=O) groups excluding carboxylic acids is 4. The zero-order valence-electron chi connectivity index (χ0n) is 30.6. The fraction of sp³-hybridized carbons (Fsp3) is 0.350. The van der Waals surface area contributed by atoms with Crippen molar-refractivity contribution in [2.45, 2.75) is 86.6 Å². The maximum atomic E-state index is 14.0. The van der Waals surface area contributed by atoms with E-state index >= 15 is 0 Å². The SMILES string of the molecule is COc1c(C)cnc(CN(C(=O)OC(C)(C)C)c2cc(-c3ccccc3C)cc(N(Cc3ccccc3)C(=O)OC(C)(C)C)c2)c1C.O=C=O. The molecule has 0 spiro atoms. The number of benzene rings is 3. The Hall–Kier alpha value is -5.47. The van der Waals surface area contributed by atoms with E-state index in [9.17, 15) is 9.59 Å². The van der Waals surface area contributed by atoms with Gasteiger partial charge in [-0.25, -0.2) is 9.59 Å². The van der Waals surface area contributed by atoms with Crippen LogP contribution in [0.15, 0.2) is 79.0 Å². The molecule has 10 heteroatoms. The number of methoxy groups -OCH3 is 1. The fourth-order valence-corrected chi connectivity index (χ4v) is 5.26. The van der Waals surface area contributed by atoms with Gasteiger partial charge in [0.25, 0.3) is 0 Å². The van der Waals surface area contributed by atoms with E-state index in [1.54, 1.807) is 23.1 Å². The van der Waals surface area contributed by atoms with Crippen LogP contribution in [0.25, 0.3) is 11.1 Å². The minimum absolute atomic E-state index is 0.110. The molecule has 0 radical (unpaired) electrons. The number of pyridine rings is 1. The Morgan fingerprint density at radius 2 is 1.22 bits per heavy atom. The predicted octanol–water partition coefficient (Wildman–Crippen LogP) is 8.98. The summed E-state index contributed by atoms with van der Waals surface area (Å²) in [6.45, 7) is 17.3. The van der Waals surface area contributed by atoms with Crippen molar-refractivity contribution < 1.29 is 33.4 Å². The quantitative estimate of drug-likeness (QED) is 0.181. The summed E-state index contributed by atoms with van der Waals surface area (Å²) in [6, 6.07) is 23.5. The average Bonchev–Trinajstić information content (AvgIpc) is 3.02. The topological polar surface area (TPSA) is 115 Å². The Morgan fingerprint density at radius 1 is 0.720 bits per heavy atom. The molecule has 0 aliphatic heterocycles. The molecule has 0 fully saturated rings. The molecular formula is C40H47N3O7. The van der Waals surface area contributed by atoms with Crippen LogP contribution in [0.4, 0.5) is 21.0 Å². The third kappa shape index (κ3) is 10.8. The molecule has 0 bridgehead atoms. The number of carbonyl (C=O) groups is 2. The van der Waals surface area contributed by atoms with E-state index in [1.807, 2.05) is 135 Å². The van der Waals surface area contributed by atoms with E-state index in [0.717, 1.165) is 33.4 Å². The summed E-state index contributed by atoms with van der Waals surface area (Å²) >= 11 is 0. The van der Waals surface area contributed by atoms with Gasteiger partial charge in [-0.15, -0.1) is 0 Å². The third-order valence-corrected chi connectivity index (χ3v) is 7.45. The zero-order chi connectivity index (χ0) is 37.2. The van der Waals surface area contributed by atoms with Crippen molar-refractivity contribution in [2.75, 3.05) is 16.9 Å². The fourth-order valence-electron chi connectivity index (χ4n) is 5.26. The number of hydrogen-bond donors (Lipinski definition) is 0. The van der Waals surface area contributed by atoms with E-state index in [0.29, 0.717) is 22.8 Å². The Labute approximate surface area is 295 Å². The first-order valence-corrected chi connectivity index (χ1v) is 16.2. The predicted molar refractivity (Wildman–Crippen MR) is 193 cm³/mol. The van der Waals surface area contributed by atoms with Gasteiger partial charge in [-0.05, 0) is 103 Å². The van der Waals surface area contributed by atoms with Crippen molar-refractivity contribution in [1.29, 1.82) is 0 Å². The maximum Gasteiger partial charge on any atom is 0.415 e. The molecule has 0 unspecified atom stereocenters. The third-order valence-electron chi connectivity index (χ3n) is 7.45. The van der Waals surface area contributed by atoms with Crippen molar-refractivity contribution in [3.05, 3.63) is 107 Å². The highest BCUT2D eigenvalue weighted by atomic mass is 16.6. The minimum atomic E-state index is -0.755. The average molecular weight is 682 g/mol. The number of anilines is 2. The molecule has 1 heterocycles. The Kier molecular flexibility index (Phi) is 13.1. The standard InChI is InChI=1S/C39H47N3O5.CO2/c1-26-16-14-15-19-33(26)30-20-31(41(36(43)46-38(4,5)6)24-29-17-12-11-13-18-29)22-32(21-30)42(37(44)47-39(7,8)9)25-34-28(3)35(45-10)27(2)23-40-34;2-1-3/h11-23H,24-25H2,1-10H3;. The van der Waals surface area contributed by atoms with E-state index < -0.39 is 23.4 Å². The normalized spacial score (nSPS) is 11.0. The van der Waals surface area contributed by atoms with Crippen LogP contribution in [-0.4, -0.2) is 41.6 Å². The Morgan fingerprint density at radius 3 is 1.72 bits per heavy atom. The number of hydrogen-bond acceptors (Lipinski definition) is 8. The van der Waals surface area contributed by atoms with Crippen LogP contribution >= 0.6 is 0 Å². The molecule has 0 aliphatic carbocycles. The van der Waals surface area contributed by atoms with Gasteiger partial charge in [0.15, 0.2) is 0 Å². The largest absolute Gasteiger partial charge is 0.496 e. The van der Waals surface area contributed by atoms with Gasteiger partial charge < -0.3 is 14.2 Å². The summed E-state index contributed by atoms with van der Waals surface area (Å²) in [5.41, 5.74) is 5.79. The molecule has 0 N–H and O–H groups in total. The van der Waals surface area contributed by atoms with E-state index in [4.69, 9.17) is 28.8 Å². The molecule has 3 aromatic carbocycles. The maximum absolute atomic E-state index is 14.0. The van der Waals surface area contributed by atoms with Crippen LogP contribution in [0.3, 0.4) is 0 Å². The van der Waals surface area contributed by atoms with Gasteiger partial charge in [0.05, 0.1) is 37.3 Å². The monoisotopic (exact) mass is 681 g/mol. The van der Waals surface area contributed by atoms with Crippen LogP contribution in [-0.2, 0) is 32.2 Å². The zero-order valence-corrected chi connectivity index (χ0v) is 30.6. The van der Waals surface area contributed by atoms with Gasteiger partial charge in [-0.3, -0.25) is 14.8 Å². The lowest BCUT2D eigenvalue weighted by Crippen LogP contribution is -2.38. The molecule has 264 valence electrons. The summed E-state index contributed by atoms with van der Waals surface area (Å²) in [7, 11) is 1.63. The molecule has 2 amide bonds. The van der Waals surface area contributed by atoms with Crippen molar-refractivity contribution in [3.63, 3.8) is 0 Å². The number of aromatic nitrogens is 1. The molecular weight excluding hydrogens is 634 g/mol. The van der Waals surface area contributed by atoms with Gasteiger partial charge in [-0.2, -0.15) is 9.59 Å². The second kappa shape index (κ2) is 16.8. The first kappa shape index (κ1) is 39.0. The molecule has 0 atom stereocenters. The van der Waals surface area contributed by atoms with Gasteiger partial charge in [0, 0.05) is 17.3 Å². The number of aryl methyl sites for hydroxylation is 2. The summed E-state index contributed by atoms with van der Waals surface area (Å²) in [5, 5.41) is 0. The van der Waals surface area contributed by atoms with Gasteiger partial charge in [-0.1, -0.05) is 54.6 Å². The van der Waals surface area contributed by atoms with Crippen molar-refractivity contribution >= 4 is 29.7 Å². The minimum Gasteiger partial charge on any atom is -0.496 e. The van der Waals surface area contributed by atoms with Crippen molar-refractivity contribution in [1.82, 2.24) is 4.98 Å². The van der Waals surface area contributed by atoms with Crippen LogP contribution in [0.5, 0.6) is 5.75 Å². The summed E-state index contributed by atoms with van der Waals surface area (Å²) in [6.07, 6.45) is 0.949. The molecule has 50 heavy (non-hydrogen) atoms. The Balaban J connectivity index is 0.00000217. The lowest BCUT2D eigenvalue weighted by Gasteiger charge is -2.31. The smallest absolute Gasteiger partial charge is 0.415 e. The first-order valence-electron chi connectivity index (χ1n) is 16.2. The van der Waals surface area contributed by atoms with Crippen molar-refractivity contribution in [3.8, 4) is 16.9 Å². The molecule has 0 saturated heterocycles. The van der Waals surface area contributed by atoms with E-state index in [1.165, 1.54) is 0 Å². The summed E-state index contributed by atoms with van der Waals surface area (Å²) in [5.74, 6) is 0.715. The second-order valence-corrected chi connectivity index (χ2v) is 13.8. The molecule has 4 aromatic rings. The number of nitrogens with zero attached hydrogens (tertiary/aromatic N) is 3. The lowest BCUT2D eigenvalue weighted by atomic mass is 9.98. The molecule has 1 aromatic heterocycles. The van der Waals surface area contributed by atoms with Gasteiger partial charge in [0.2, 0.25) is 0 Å². The number of rotatable bonds is 8. The second-order valence-electron chi connectivity index (χ2n) is 13.8. The number of ether oxygens (including phenoxy) is 3. The molecule has 10 nitrogen and oxygen atoms in total.